The normalized spacial score (nSPS) is 15.0. The van der Waals surface area contributed by atoms with Crippen LogP contribution in [0.5, 0.6) is 0 Å². The van der Waals surface area contributed by atoms with E-state index in [0.29, 0.717) is 0 Å². The third-order valence-electron chi connectivity index (χ3n) is 1.61. The summed E-state index contributed by atoms with van der Waals surface area (Å²) in [4.78, 5) is 0. The predicted octanol–water partition coefficient (Wildman–Crippen LogP) is 4.98. The summed E-state index contributed by atoms with van der Waals surface area (Å²) in [5.74, 6) is 0. The molecular weight excluding hydrogens is 180 g/mol. The van der Waals surface area contributed by atoms with Crippen LogP contribution in [0, 0.1) is 0 Å². The minimum atomic E-state index is 1.14. The molecule has 2 aliphatic carbocycles. The van der Waals surface area contributed by atoms with Gasteiger partial charge in [0.2, 0.25) is 0 Å². The fourth-order valence-corrected chi connectivity index (χ4v) is 0.947. The average molecular weight is 202 g/mol. The Bertz CT molecular complexity index is 271. The molecule has 2 rings (SSSR count). The van der Waals surface area contributed by atoms with Gasteiger partial charge in [-0.15, -0.1) is 6.58 Å². The zero-order valence-electron chi connectivity index (χ0n) is 10.2. The van der Waals surface area contributed by atoms with Crippen LogP contribution in [-0.2, 0) is 0 Å². The maximum absolute atomic E-state index is 3.56. The van der Waals surface area contributed by atoms with Crippen molar-refractivity contribution in [2.75, 3.05) is 0 Å². The van der Waals surface area contributed by atoms with E-state index in [1.165, 1.54) is 17.6 Å². The highest BCUT2D eigenvalue weighted by Gasteiger charge is 1.86. The Hall–Kier alpha value is -1.30. The van der Waals surface area contributed by atoms with Crippen molar-refractivity contribution in [2.24, 2.45) is 0 Å². The maximum Gasteiger partial charge on any atom is -0.0135 e. The van der Waals surface area contributed by atoms with Gasteiger partial charge >= 0.3 is 0 Å². The molecule has 0 aromatic rings. The van der Waals surface area contributed by atoms with Gasteiger partial charge in [0.05, 0.1) is 0 Å². The molecule has 0 amide bonds. The summed E-state index contributed by atoms with van der Waals surface area (Å²) in [7, 11) is 0. The first-order valence-corrected chi connectivity index (χ1v) is 5.39. The first kappa shape index (κ1) is 13.7. The Balaban J connectivity index is 0.000000202. The standard InChI is InChI=1S/C6H8.C5H6.C4H8/c1-6-4-2-3-5-6;1-2-4-5-3-1;1-4(2)3/h2-4H,5H2,1H3;1-4H,5H2;1H2,2-3H3. The first-order valence-electron chi connectivity index (χ1n) is 5.39. The molecule has 0 heteroatoms. The van der Waals surface area contributed by atoms with Gasteiger partial charge in [-0.05, 0) is 33.6 Å². The number of rotatable bonds is 0. The monoisotopic (exact) mass is 202 g/mol. The van der Waals surface area contributed by atoms with Crippen LogP contribution in [0.1, 0.15) is 33.6 Å². The summed E-state index contributed by atoms with van der Waals surface area (Å²) in [5.41, 5.74) is 2.63. The number of hydrogen-bond donors (Lipinski definition) is 0. The Morgan fingerprint density at radius 1 is 1.07 bits per heavy atom. The first-order chi connectivity index (χ1) is 7.13. The molecule has 0 fully saturated rings. The lowest BCUT2D eigenvalue weighted by Crippen LogP contribution is -1.58. The summed E-state index contributed by atoms with van der Waals surface area (Å²) in [6.45, 7) is 9.64. The second-order valence-corrected chi connectivity index (χ2v) is 3.94. The van der Waals surface area contributed by atoms with Crippen molar-refractivity contribution in [1.29, 1.82) is 0 Å². The van der Waals surface area contributed by atoms with Crippen molar-refractivity contribution in [1.82, 2.24) is 0 Å². The summed E-state index contributed by atoms with van der Waals surface area (Å²) in [5, 5.41) is 0. The molecular formula is C15H22. The summed E-state index contributed by atoms with van der Waals surface area (Å²) in [6, 6.07) is 0. The van der Waals surface area contributed by atoms with Crippen LogP contribution in [0.2, 0.25) is 0 Å². The summed E-state index contributed by atoms with van der Waals surface area (Å²) in [6.07, 6.45) is 17.1. The third-order valence-corrected chi connectivity index (χ3v) is 1.61. The minimum Gasteiger partial charge on any atom is -0.100 e. The smallest absolute Gasteiger partial charge is 0.0135 e. The molecule has 0 spiro atoms. The molecule has 0 atom stereocenters. The van der Waals surface area contributed by atoms with E-state index in [1.54, 1.807) is 0 Å². The molecule has 0 aromatic carbocycles. The van der Waals surface area contributed by atoms with Crippen LogP contribution in [0.3, 0.4) is 0 Å². The van der Waals surface area contributed by atoms with E-state index < -0.39 is 0 Å². The maximum atomic E-state index is 3.56. The van der Waals surface area contributed by atoms with Crippen molar-refractivity contribution in [3.8, 4) is 0 Å². The molecule has 0 nitrogen and oxygen atoms in total. The molecule has 0 heterocycles. The van der Waals surface area contributed by atoms with Crippen molar-refractivity contribution >= 4 is 0 Å². The van der Waals surface area contributed by atoms with Crippen molar-refractivity contribution in [3.63, 3.8) is 0 Å². The van der Waals surface area contributed by atoms with E-state index in [1.807, 2.05) is 13.8 Å². The van der Waals surface area contributed by atoms with Gasteiger partial charge in [0.15, 0.2) is 0 Å². The Kier molecular flexibility index (Phi) is 8.46. The topological polar surface area (TPSA) is 0 Å². The van der Waals surface area contributed by atoms with Gasteiger partial charge in [-0.3, -0.25) is 0 Å². The predicted molar refractivity (Wildman–Crippen MR) is 70.9 cm³/mol. The minimum absolute atomic E-state index is 1.14. The lowest BCUT2D eigenvalue weighted by molar-refractivity contribution is 1.25. The fourth-order valence-electron chi connectivity index (χ4n) is 0.947. The largest absolute Gasteiger partial charge is 0.100 e. The van der Waals surface area contributed by atoms with Crippen LogP contribution in [-0.4, -0.2) is 0 Å². The molecule has 0 radical (unpaired) electrons. The Morgan fingerprint density at radius 3 is 1.73 bits per heavy atom. The van der Waals surface area contributed by atoms with Gasteiger partial charge in [-0.2, -0.15) is 0 Å². The van der Waals surface area contributed by atoms with E-state index in [9.17, 15) is 0 Å². The fraction of sp³-hybridized carbons (Fsp3) is 0.333. The van der Waals surface area contributed by atoms with Gasteiger partial charge in [0.25, 0.3) is 0 Å². The summed E-state index contributed by atoms with van der Waals surface area (Å²) < 4.78 is 0. The molecule has 0 aliphatic heterocycles. The van der Waals surface area contributed by atoms with E-state index in [4.69, 9.17) is 0 Å². The van der Waals surface area contributed by atoms with E-state index >= 15 is 0 Å². The highest BCUT2D eigenvalue weighted by atomic mass is 13.9. The number of hydrogen-bond acceptors (Lipinski definition) is 0. The van der Waals surface area contributed by atoms with Crippen LogP contribution in [0.4, 0.5) is 0 Å². The molecule has 82 valence electrons. The lowest BCUT2D eigenvalue weighted by atomic mass is 10.3. The van der Waals surface area contributed by atoms with Gasteiger partial charge < -0.3 is 0 Å². The molecule has 0 N–H and O–H groups in total. The quantitative estimate of drug-likeness (QED) is 0.486. The third kappa shape index (κ3) is 12.7. The zero-order valence-corrected chi connectivity index (χ0v) is 10.2. The van der Waals surface area contributed by atoms with E-state index in [2.05, 4.69) is 56.0 Å². The SMILES string of the molecule is C1=CCC=C1.C=C(C)C.CC1=CC=CC1. The highest BCUT2D eigenvalue weighted by Crippen LogP contribution is 2.06. The number of allylic oxidation sites excluding steroid dienone is 9. The molecule has 15 heavy (non-hydrogen) atoms. The molecule has 0 saturated carbocycles. The van der Waals surface area contributed by atoms with Crippen LogP contribution >= 0.6 is 0 Å². The van der Waals surface area contributed by atoms with Crippen LogP contribution in [0.25, 0.3) is 0 Å². The van der Waals surface area contributed by atoms with Crippen molar-refractivity contribution in [3.05, 3.63) is 60.3 Å². The molecule has 0 aromatic heterocycles. The van der Waals surface area contributed by atoms with Gasteiger partial charge in [-0.1, -0.05) is 53.7 Å². The molecule has 0 unspecified atom stereocenters. The highest BCUT2D eigenvalue weighted by molar-refractivity contribution is 5.20. The van der Waals surface area contributed by atoms with Crippen LogP contribution in [0.15, 0.2) is 60.3 Å². The van der Waals surface area contributed by atoms with E-state index in [-0.39, 0.29) is 0 Å². The second kappa shape index (κ2) is 9.26. The average Bonchev–Trinajstić information content (AvgIpc) is 2.75. The Labute approximate surface area is 94.4 Å². The lowest BCUT2D eigenvalue weighted by Gasteiger charge is -1.78. The molecule has 0 saturated heterocycles. The van der Waals surface area contributed by atoms with Gasteiger partial charge in [0, 0.05) is 0 Å². The van der Waals surface area contributed by atoms with Gasteiger partial charge in [0.1, 0.15) is 0 Å². The van der Waals surface area contributed by atoms with Crippen molar-refractivity contribution in [2.45, 2.75) is 33.6 Å². The second-order valence-electron chi connectivity index (χ2n) is 3.94. The van der Waals surface area contributed by atoms with Gasteiger partial charge in [-0.25, -0.2) is 0 Å². The van der Waals surface area contributed by atoms with Crippen molar-refractivity contribution < 1.29 is 0 Å². The zero-order chi connectivity index (χ0) is 11.5. The summed E-state index contributed by atoms with van der Waals surface area (Å²) >= 11 is 0. The van der Waals surface area contributed by atoms with Crippen LogP contribution < -0.4 is 0 Å². The molecule has 0 bridgehead atoms. The molecule has 2 aliphatic rings. The van der Waals surface area contributed by atoms with E-state index in [0.717, 1.165) is 6.42 Å². The Morgan fingerprint density at radius 2 is 1.60 bits per heavy atom.